The van der Waals surface area contributed by atoms with Gasteiger partial charge in [0.25, 0.3) is 5.91 Å². The molecule has 1 aromatic rings. The molecule has 1 aromatic carbocycles. The van der Waals surface area contributed by atoms with Gasteiger partial charge in [-0.2, -0.15) is 13.2 Å². The van der Waals surface area contributed by atoms with Crippen molar-refractivity contribution >= 4 is 17.9 Å². The molecule has 10 heteroatoms. The summed E-state index contributed by atoms with van der Waals surface area (Å²) < 4.78 is 47.7. The topological polar surface area (TPSA) is 93.7 Å². The fraction of sp³-hybridized carbons (Fsp3) is 0.500. The molecule has 2 N–H and O–H groups in total. The quantitative estimate of drug-likeness (QED) is 0.714. The third kappa shape index (κ3) is 6.75. The van der Waals surface area contributed by atoms with Crippen LogP contribution in [-0.2, 0) is 20.5 Å². The number of carbonyl (C=O) groups is 3. The second-order valence-electron chi connectivity index (χ2n) is 6.39. The van der Waals surface area contributed by atoms with Gasteiger partial charge in [0.15, 0.2) is 12.7 Å². The standard InChI is InChI=1S/C18H21F3N2O5/c1-11(16(25)23-17(26)22-13-6-2-3-7-13)28-15(24)10-27-14-8-4-5-12(9-14)18(19,20)21/h4-5,8-9,11,13H,2-3,6-7,10H2,1H3,(H2,22,23,25,26). The maximum Gasteiger partial charge on any atom is 0.416 e. The van der Waals surface area contributed by atoms with Gasteiger partial charge in [0.1, 0.15) is 5.75 Å². The van der Waals surface area contributed by atoms with Gasteiger partial charge >= 0.3 is 18.2 Å². The van der Waals surface area contributed by atoms with E-state index in [0.29, 0.717) is 0 Å². The summed E-state index contributed by atoms with van der Waals surface area (Å²) in [6.07, 6.45) is -2.09. The van der Waals surface area contributed by atoms with Crippen LogP contribution in [0.2, 0.25) is 0 Å². The summed E-state index contributed by atoms with van der Waals surface area (Å²) in [5.41, 5.74) is -0.917. The molecule has 1 saturated carbocycles. The average Bonchev–Trinajstić information content (AvgIpc) is 3.12. The molecule has 0 radical (unpaired) electrons. The zero-order chi connectivity index (χ0) is 20.7. The third-order valence-electron chi connectivity index (χ3n) is 4.12. The van der Waals surface area contributed by atoms with E-state index in [-0.39, 0.29) is 11.8 Å². The SMILES string of the molecule is CC(OC(=O)COc1cccc(C(F)(F)F)c1)C(=O)NC(=O)NC1CCCC1. The van der Waals surface area contributed by atoms with E-state index < -0.39 is 42.4 Å². The Balaban J connectivity index is 1.75. The molecule has 0 aliphatic heterocycles. The van der Waals surface area contributed by atoms with Crippen LogP contribution in [0, 0.1) is 0 Å². The highest BCUT2D eigenvalue weighted by atomic mass is 19.4. The second-order valence-corrected chi connectivity index (χ2v) is 6.39. The number of amides is 3. The normalized spacial score (nSPS) is 15.6. The van der Waals surface area contributed by atoms with Crippen molar-refractivity contribution in [1.82, 2.24) is 10.6 Å². The molecule has 3 amide bonds. The van der Waals surface area contributed by atoms with Crippen LogP contribution in [0.5, 0.6) is 5.75 Å². The second kappa shape index (κ2) is 9.43. The fourth-order valence-electron chi connectivity index (χ4n) is 2.69. The lowest BCUT2D eigenvalue weighted by molar-refractivity contribution is -0.156. The molecule has 0 aromatic heterocycles. The Morgan fingerprint density at radius 3 is 2.54 bits per heavy atom. The zero-order valence-corrected chi connectivity index (χ0v) is 15.2. The van der Waals surface area contributed by atoms with Crippen molar-refractivity contribution in [2.45, 2.75) is 50.9 Å². The number of benzene rings is 1. The van der Waals surface area contributed by atoms with Crippen molar-refractivity contribution in [2.75, 3.05) is 6.61 Å². The van der Waals surface area contributed by atoms with Gasteiger partial charge in [-0.25, -0.2) is 9.59 Å². The Morgan fingerprint density at radius 2 is 1.89 bits per heavy atom. The number of imide groups is 1. The van der Waals surface area contributed by atoms with E-state index in [2.05, 4.69) is 10.6 Å². The highest BCUT2D eigenvalue weighted by molar-refractivity contribution is 5.97. The van der Waals surface area contributed by atoms with E-state index in [1.54, 1.807) is 0 Å². The Morgan fingerprint density at radius 1 is 1.21 bits per heavy atom. The molecule has 1 aliphatic carbocycles. The van der Waals surface area contributed by atoms with Crippen molar-refractivity contribution < 1.29 is 37.0 Å². The van der Waals surface area contributed by atoms with Crippen molar-refractivity contribution in [3.63, 3.8) is 0 Å². The van der Waals surface area contributed by atoms with Crippen LogP contribution in [0.1, 0.15) is 38.2 Å². The first-order chi connectivity index (χ1) is 13.1. The van der Waals surface area contributed by atoms with Crippen molar-refractivity contribution in [3.05, 3.63) is 29.8 Å². The summed E-state index contributed by atoms with van der Waals surface area (Å²) in [5, 5.41) is 4.73. The first-order valence-corrected chi connectivity index (χ1v) is 8.76. The number of hydrogen-bond donors (Lipinski definition) is 2. The predicted molar refractivity (Wildman–Crippen MR) is 91.4 cm³/mol. The van der Waals surface area contributed by atoms with Gasteiger partial charge in [0.05, 0.1) is 5.56 Å². The van der Waals surface area contributed by atoms with Gasteiger partial charge in [-0.05, 0) is 38.0 Å². The van der Waals surface area contributed by atoms with Crippen molar-refractivity contribution in [3.8, 4) is 5.75 Å². The average molecular weight is 402 g/mol. The molecule has 0 saturated heterocycles. The van der Waals surface area contributed by atoms with Crippen LogP contribution in [0.25, 0.3) is 0 Å². The minimum Gasteiger partial charge on any atom is -0.482 e. The van der Waals surface area contributed by atoms with Gasteiger partial charge in [-0.15, -0.1) is 0 Å². The number of carbonyl (C=O) groups excluding carboxylic acids is 3. The fourth-order valence-corrected chi connectivity index (χ4v) is 2.69. The van der Waals surface area contributed by atoms with Crippen LogP contribution in [0.4, 0.5) is 18.0 Å². The van der Waals surface area contributed by atoms with E-state index in [1.807, 2.05) is 0 Å². The van der Waals surface area contributed by atoms with Crippen LogP contribution in [0.15, 0.2) is 24.3 Å². The molecule has 1 unspecified atom stereocenters. The molecule has 28 heavy (non-hydrogen) atoms. The van der Waals surface area contributed by atoms with Gasteiger partial charge < -0.3 is 14.8 Å². The van der Waals surface area contributed by atoms with E-state index in [1.165, 1.54) is 13.0 Å². The molecule has 1 aliphatic rings. The molecule has 0 bridgehead atoms. The number of rotatable bonds is 6. The highest BCUT2D eigenvalue weighted by Gasteiger charge is 2.30. The lowest BCUT2D eigenvalue weighted by Gasteiger charge is -2.16. The molecular weight excluding hydrogens is 381 g/mol. The van der Waals surface area contributed by atoms with E-state index in [9.17, 15) is 27.6 Å². The monoisotopic (exact) mass is 402 g/mol. The number of esters is 1. The molecule has 1 fully saturated rings. The van der Waals surface area contributed by atoms with Gasteiger partial charge in [0.2, 0.25) is 0 Å². The molecule has 7 nitrogen and oxygen atoms in total. The molecular formula is C18H21F3N2O5. The molecule has 0 spiro atoms. The summed E-state index contributed by atoms with van der Waals surface area (Å²) in [4.78, 5) is 35.3. The summed E-state index contributed by atoms with van der Waals surface area (Å²) in [6.45, 7) is 0.577. The Labute approximate surface area is 159 Å². The summed E-state index contributed by atoms with van der Waals surface area (Å²) in [6, 6.07) is 3.37. The van der Waals surface area contributed by atoms with Crippen molar-refractivity contribution in [2.24, 2.45) is 0 Å². The lowest BCUT2D eigenvalue weighted by Crippen LogP contribution is -2.47. The first kappa shape index (κ1) is 21.5. The third-order valence-corrected chi connectivity index (χ3v) is 4.12. The van der Waals surface area contributed by atoms with Crippen LogP contribution < -0.4 is 15.4 Å². The number of halogens is 3. The smallest absolute Gasteiger partial charge is 0.416 e. The molecule has 1 atom stereocenters. The van der Waals surface area contributed by atoms with Crippen LogP contribution in [-0.4, -0.2) is 36.7 Å². The van der Waals surface area contributed by atoms with Gasteiger partial charge in [0, 0.05) is 6.04 Å². The number of ether oxygens (including phenoxy) is 2. The van der Waals surface area contributed by atoms with Crippen LogP contribution in [0.3, 0.4) is 0 Å². The van der Waals surface area contributed by atoms with E-state index in [0.717, 1.165) is 43.9 Å². The van der Waals surface area contributed by atoms with E-state index in [4.69, 9.17) is 9.47 Å². The number of nitrogens with one attached hydrogen (secondary N) is 2. The zero-order valence-electron chi connectivity index (χ0n) is 15.2. The minimum absolute atomic E-state index is 0.0199. The summed E-state index contributed by atoms with van der Waals surface area (Å²) in [5.74, 6) is -1.95. The molecule has 2 rings (SSSR count). The lowest BCUT2D eigenvalue weighted by atomic mass is 10.2. The Kier molecular flexibility index (Phi) is 7.24. The number of alkyl halides is 3. The van der Waals surface area contributed by atoms with Gasteiger partial charge in [-0.3, -0.25) is 10.1 Å². The Hall–Kier alpha value is -2.78. The Bertz CT molecular complexity index is 717. The first-order valence-electron chi connectivity index (χ1n) is 8.76. The summed E-state index contributed by atoms with van der Waals surface area (Å²) in [7, 11) is 0. The van der Waals surface area contributed by atoms with Crippen molar-refractivity contribution in [1.29, 1.82) is 0 Å². The summed E-state index contributed by atoms with van der Waals surface area (Å²) >= 11 is 0. The predicted octanol–water partition coefficient (Wildman–Crippen LogP) is 2.78. The number of hydrogen-bond acceptors (Lipinski definition) is 5. The maximum atomic E-state index is 12.6. The van der Waals surface area contributed by atoms with Gasteiger partial charge in [-0.1, -0.05) is 18.9 Å². The van der Waals surface area contributed by atoms with E-state index >= 15 is 0 Å². The largest absolute Gasteiger partial charge is 0.482 e. The van der Waals surface area contributed by atoms with Crippen LogP contribution >= 0.6 is 0 Å². The molecule has 0 heterocycles. The highest BCUT2D eigenvalue weighted by Crippen LogP contribution is 2.31. The minimum atomic E-state index is -4.54. The molecule has 154 valence electrons. The maximum absolute atomic E-state index is 12.6. The number of urea groups is 1.